The summed E-state index contributed by atoms with van der Waals surface area (Å²) in [6, 6.07) is 0.768. The Bertz CT molecular complexity index is 302. The van der Waals surface area contributed by atoms with Crippen LogP contribution in [-0.4, -0.2) is 60.5 Å². The summed E-state index contributed by atoms with van der Waals surface area (Å²) in [4.78, 5) is 17.4. The molecule has 0 spiro atoms. The van der Waals surface area contributed by atoms with Crippen LogP contribution in [0.5, 0.6) is 0 Å². The van der Waals surface area contributed by atoms with Crippen molar-refractivity contribution in [2.75, 3.05) is 32.7 Å². The first-order chi connectivity index (χ1) is 9.77. The molecule has 20 heavy (non-hydrogen) atoms. The number of nitrogens with zero attached hydrogens (tertiary/aromatic N) is 2. The molecule has 4 heteroatoms. The van der Waals surface area contributed by atoms with E-state index in [0.717, 1.165) is 39.1 Å². The van der Waals surface area contributed by atoms with Gasteiger partial charge in [-0.2, -0.15) is 0 Å². The highest BCUT2D eigenvalue weighted by molar-refractivity contribution is 5.82. The van der Waals surface area contributed by atoms with E-state index >= 15 is 0 Å². The molecule has 1 amide bonds. The summed E-state index contributed by atoms with van der Waals surface area (Å²) >= 11 is 0. The van der Waals surface area contributed by atoms with Gasteiger partial charge in [0.1, 0.15) is 0 Å². The standard InChI is InChI=1S/C16H31N3O/c1-3-5-7-14(4-2)19-11-6-8-15(19)16(20)18-12-9-17-10-13-18/h14-15,17H,3-13H2,1-2H3. The molecule has 2 rings (SSSR count). The van der Waals surface area contributed by atoms with Crippen molar-refractivity contribution in [1.82, 2.24) is 15.1 Å². The van der Waals surface area contributed by atoms with E-state index in [1.807, 2.05) is 0 Å². The Labute approximate surface area is 123 Å². The van der Waals surface area contributed by atoms with Crippen LogP contribution in [0.15, 0.2) is 0 Å². The monoisotopic (exact) mass is 281 g/mol. The van der Waals surface area contributed by atoms with Gasteiger partial charge in [-0.1, -0.05) is 26.7 Å². The number of piperazine rings is 1. The molecule has 1 N–H and O–H groups in total. The van der Waals surface area contributed by atoms with Gasteiger partial charge in [-0.25, -0.2) is 0 Å². The number of hydrogen-bond acceptors (Lipinski definition) is 3. The van der Waals surface area contributed by atoms with Crippen molar-refractivity contribution >= 4 is 5.91 Å². The summed E-state index contributed by atoms with van der Waals surface area (Å²) < 4.78 is 0. The molecule has 2 aliphatic rings. The normalized spacial score (nSPS) is 25.9. The number of rotatable bonds is 6. The van der Waals surface area contributed by atoms with Gasteiger partial charge < -0.3 is 10.2 Å². The molecule has 0 bridgehead atoms. The Morgan fingerprint density at radius 1 is 1.25 bits per heavy atom. The van der Waals surface area contributed by atoms with E-state index in [0.29, 0.717) is 11.9 Å². The molecule has 0 aromatic carbocycles. The van der Waals surface area contributed by atoms with Crippen LogP contribution in [0, 0.1) is 0 Å². The minimum Gasteiger partial charge on any atom is -0.339 e. The van der Waals surface area contributed by atoms with Crippen molar-refractivity contribution < 1.29 is 4.79 Å². The van der Waals surface area contributed by atoms with E-state index in [-0.39, 0.29) is 6.04 Å². The van der Waals surface area contributed by atoms with E-state index in [2.05, 4.69) is 29.0 Å². The molecule has 0 radical (unpaired) electrons. The number of nitrogens with one attached hydrogen (secondary N) is 1. The summed E-state index contributed by atoms with van der Waals surface area (Å²) in [7, 11) is 0. The summed E-state index contributed by atoms with van der Waals surface area (Å²) in [6.45, 7) is 9.30. The maximum absolute atomic E-state index is 12.8. The van der Waals surface area contributed by atoms with Crippen LogP contribution in [0.1, 0.15) is 52.4 Å². The van der Waals surface area contributed by atoms with Gasteiger partial charge in [-0.3, -0.25) is 9.69 Å². The molecule has 2 saturated heterocycles. The van der Waals surface area contributed by atoms with Gasteiger partial charge in [0.25, 0.3) is 0 Å². The molecule has 2 atom stereocenters. The minimum absolute atomic E-state index is 0.162. The maximum atomic E-state index is 12.8. The van der Waals surface area contributed by atoms with Gasteiger partial charge in [-0.05, 0) is 32.2 Å². The van der Waals surface area contributed by atoms with Crippen molar-refractivity contribution in [2.24, 2.45) is 0 Å². The lowest BCUT2D eigenvalue weighted by atomic mass is 10.0. The lowest BCUT2D eigenvalue weighted by molar-refractivity contribution is -0.137. The van der Waals surface area contributed by atoms with Crippen molar-refractivity contribution in [2.45, 2.75) is 64.5 Å². The van der Waals surface area contributed by atoms with Crippen LogP contribution < -0.4 is 5.32 Å². The van der Waals surface area contributed by atoms with Crippen LogP contribution >= 0.6 is 0 Å². The molecular formula is C16H31N3O. The fourth-order valence-corrected chi connectivity index (χ4v) is 3.63. The Kier molecular flexibility index (Phi) is 6.30. The molecule has 0 aromatic heterocycles. The van der Waals surface area contributed by atoms with Crippen LogP contribution in [-0.2, 0) is 4.79 Å². The van der Waals surface area contributed by atoms with Gasteiger partial charge in [0.05, 0.1) is 6.04 Å². The van der Waals surface area contributed by atoms with E-state index in [1.54, 1.807) is 0 Å². The van der Waals surface area contributed by atoms with E-state index in [4.69, 9.17) is 0 Å². The Balaban J connectivity index is 1.96. The summed E-state index contributed by atoms with van der Waals surface area (Å²) in [5, 5.41) is 3.33. The number of carbonyl (C=O) groups excluding carboxylic acids is 1. The molecule has 0 aromatic rings. The lowest BCUT2D eigenvalue weighted by Crippen LogP contribution is -2.54. The molecule has 2 aliphatic heterocycles. The smallest absolute Gasteiger partial charge is 0.240 e. The largest absolute Gasteiger partial charge is 0.339 e. The molecule has 0 saturated carbocycles. The Hall–Kier alpha value is -0.610. The van der Waals surface area contributed by atoms with Crippen molar-refractivity contribution in [3.63, 3.8) is 0 Å². The van der Waals surface area contributed by atoms with E-state index < -0.39 is 0 Å². The third kappa shape index (κ3) is 3.73. The van der Waals surface area contributed by atoms with Gasteiger partial charge in [0, 0.05) is 32.2 Å². The highest BCUT2D eigenvalue weighted by Crippen LogP contribution is 2.26. The molecule has 116 valence electrons. The second-order valence-electron chi connectivity index (χ2n) is 6.18. The van der Waals surface area contributed by atoms with Crippen molar-refractivity contribution in [1.29, 1.82) is 0 Å². The van der Waals surface area contributed by atoms with Gasteiger partial charge >= 0.3 is 0 Å². The highest BCUT2D eigenvalue weighted by Gasteiger charge is 2.36. The Morgan fingerprint density at radius 3 is 2.65 bits per heavy atom. The van der Waals surface area contributed by atoms with Crippen LogP contribution in [0.25, 0.3) is 0 Å². The first-order valence-electron chi connectivity index (χ1n) is 8.53. The third-order valence-electron chi connectivity index (χ3n) is 4.84. The fourth-order valence-electron chi connectivity index (χ4n) is 3.63. The number of likely N-dealkylation sites (tertiary alicyclic amines) is 1. The topological polar surface area (TPSA) is 35.6 Å². The zero-order valence-electron chi connectivity index (χ0n) is 13.2. The van der Waals surface area contributed by atoms with Gasteiger partial charge in [-0.15, -0.1) is 0 Å². The van der Waals surface area contributed by atoms with Crippen LogP contribution in [0.2, 0.25) is 0 Å². The first kappa shape index (κ1) is 15.8. The molecule has 2 unspecified atom stereocenters. The van der Waals surface area contributed by atoms with Gasteiger partial charge in [0.2, 0.25) is 5.91 Å². The third-order valence-corrected chi connectivity index (χ3v) is 4.84. The Morgan fingerprint density at radius 2 is 2.00 bits per heavy atom. The first-order valence-corrected chi connectivity index (χ1v) is 8.53. The summed E-state index contributed by atoms with van der Waals surface area (Å²) in [6.07, 6.45) is 7.20. The molecule has 4 nitrogen and oxygen atoms in total. The second-order valence-corrected chi connectivity index (χ2v) is 6.18. The number of unbranched alkanes of at least 4 members (excludes halogenated alkanes) is 1. The second kappa shape index (κ2) is 7.99. The maximum Gasteiger partial charge on any atom is 0.240 e. The number of amides is 1. The van der Waals surface area contributed by atoms with E-state index in [1.165, 1.54) is 32.1 Å². The average molecular weight is 281 g/mol. The quantitative estimate of drug-likeness (QED) is 0.807. The summed E-state index contributed by atoms with van der Waals surface area (Å²) in [5.41, 5.74) is 0. The fraction of sp³-hybridized carbons (Fsp3) is 0.938. The number of carbonyl (C=O) groups is 1. The van der Waals surface area contributed by atoms with Gasteiger partial charge in [0.15, 0.2) is 0 Å². The van der Waals surface area contributed by atoms with Crippen molar-refractivity contribution in [3.8, 4) is 0 Å². The van der Waals surface area contributed by atoms with Crippen LogP contribution in [0.3, 0.4) is 0 Å². The highest BCUT2D eigenvalue weighted by atomic mass is 16.2. The molecular weight excluding hydrogens is 250 g/mol. The molecule has 2 heterocycles. The molecule has 0 aliphatic carbocycles. The number of hydrogen-bond donors (Lipinski definition) is 1. The van der Waals surface area contributed by atoms with Crippen molar-refractivity contribution in [3.05, 3.63) is 0 Å². The zero-order valence-corrected chi connectivity index (χ0v) is 13.2. The predicted molar refractivity (Wildman–Crippen MR) is 82.8 cm³/mol. The lowest BCUT2D eigenvalue weighted by Gasteiger charge is -2.36. The average Bonchev–Trinajstić information content (AvgIpc) is 2.97. The summed E-state index contributed by atoms with van der Waals surface area (Å²) in [5.74, 6) is 0.388. The SMILES string of the molecule is CCCCC(CC)N1CCCC1C(=O)N1CCNCC1. The predicted octanol–water partition coefficient (Wildman–Crippen LogP) is 1.85. The van der Waals surface area contributed by atoms with E-state index in [9.17, 15) is 4.79 Å². The van der Waals surface area contributed by atoms with Crippen LogP contribution in [0.4, 0.5) is 0 Å². The minimum atomic E-state index is 0.162. The zero-order chi connectivity index (χ0) is 14.4. The molecule has 2 fully saturated rings.